The molecule has 3 N–H and O–H groups in total. The van der Waals surface area contributed by atoms with Crippen molar-refractivity contribution < 1.29 is 14.7 Å². The summed E-state index contributed by atoms with van der Waals surface area (Å²) < 4.78 is 0. The van der Waals surface area contributed by atoms with E-state index in [4.69, 9.17) is 0 Å². The molecule has 9 heteroatoms. The van der Waals surface area contributed by atoms with Gasteiger partial charge in [0, 0.05) is 56.6 Å². The Hall–Kier alpha value is -3.85. The number of nitrogens with zero attached hydrogens (tertiary/aromatic N) is 4. The first-order valence-corrected chi connectivity index (χ1v) is 11.4. The lowest BCUT2D eigenvalue weighted by molar-refractivity contribution is 0.102. The van der Waals surface area contributed by atoms with Gasteiger partial charge in [-0.15, -0.1) is 0 Å². The van der Waals surface area contributed by atoms with E-state index in [2.05, 4.69) is 32.4 Å². The van der Waals surface area contributed by atoms with Crippen LogP contribution in [0.5, 0.6) is 0 Å². The predicted octanol–water partition coefficient (Wildman–Crippen LogP) is 3.58. The van der Waals surface area contributed by atoms with Crippen molar-refractivity contribution in [3.05, 3.63) is 65.7 Å². The molecule has 0 atom stereocenters. The average molecular weight is 463 g/mol. The van der Waals surface area contributed by atoms with Gasteiger partial charge in [0.05, 0.1) is 5.69 Å². The molecule has 0 unspecified atom stereocenters. The number of anilines is 2. The van der Waals surface area contributed by atoms with Crippen LogP contribution in [0, 0.1) is 0 Å². The number of benzene rings is 2. The summed E-state index contributed by atoms with van der Waals surface area (Å²) >= 11 is 0. The smallest absolute Gasteiger partial charge is 0.407 e. The number of aromatic amines is 1. The van der Waals surface area contributed by atoms with Gasteiger partial charge >= 0.3 is 6.09 Å². The molecule has 2 aromatic carbocycles. The van der Waals surface area contributed by atoms with Gasteiger partial charge in [-0.2, -0.15) is 5.10 Å². The Balaban J connectivity index is 1.36. The summed E-state index contributed by atoms with van der Waals surface area (Å²) in [5.41, 5.74) is 4.26. The molecule has 1 aliphatic rings. The van der Waals surface area contributed by atoms with E-state index in [-0.39, 0.29) is 5.91 Å². The van der Waals surface area contributed by atoms with Gasteiger partial charge in [0.2, 0.25) is 0 Å². The van der Waals surface area contributed by atoms with E-state index in [0.29, 0.717) is 24.5 Å². The fraction of sp³-hybridized carbons (Fsp3) is 0.320. The van der Waals surface area contributed by atoms with Crippen molar-refractivity contribution in [1.82, 2.24) is 20.0 Å². The molecule has 0 aliphatic carbocycles. The van der Waals surface area contributed by atoms with Gasteiger partial charge in [0.25, 0.3) is 5.91 Å². The lowest BCUT2D eigenvalue weighted by Crippen LogP contribution is -2.44. The summed E-state index contributed by atoms with van der Waals surface area (Å²) in [6, 6.07) is 17.0. The van der Waals surface area contributed by atoms with Crippen LogP contribution in [0.3, 0.4) is 0 Å². The number of amides is 2. The maximum absolute atomic E-state index is 12.7. The molecule has 2 heterocycles. The monoisotopic (exact) mass is 462 g/mol. The third kappa shape index (κ3) is 5.55. The molecular weight excluding hydrogens is 432 g/mol. The summed E-state index contributed by atoms with van der Waals surface area (Å²) in [5.74, 6) is 0.224. The number of carbonyl (C=O) groups is 2. The zero-order valence-electron chi connectivity index (χ0n) is 19.5. The van der Waals surface area contributed by atoms with E-state index in [1.165, 1.54) is 4.90 Å². The number of aromatic nitrogens is 2. The molecule has 0 saturated carbocycles. The highest BCUT2D eigenvalue weighted by molar-refractivity contribution is 6.04. The Morgan fingerprint density at radius 1 is 1.06 bits per heavy atom. The fourth-order valence-corrected chi connectivity index (χ4v) is 3.94. The van der Waals surface area contributed by atoms with Crippen LogP contribution >= 0.6 is 0 Å². The number of carboxylic acid groups (broad SMARTS) is 1. The van der Waals surface area contributed by atoms with Crippen LogP contribution < -0.4 is 10.2 Å². The molecule has 4 rings (SSSR count). The SMILES string of the molecule is CCN(Cc1ccc(-c2cc(NC(=O)c3ccc(N4CCN(C)CC4)cc3)n[nH]2)cc1)C(=O)O. The second-order valence-electron chi connectivity index (χ2n) is 8.45. The highest BCUT2D eigenvalue weighted by Crippen LogP contribution is 2.22. The molecule has 3 aromatic rings. The van der Waals surface area contributed by atoms with E-state index >= 15 is 0 Å². The predicted molar refractivity (Wildman–Crippen MR) is 132 cm³/mol. The van der Waals surface area contributed by atoms with Gasteiger partial charge in [-0.1, -0.05) is 24.3 Å². The van der Waals surface area contributed by atoms with Crippen LogP contribution in [0.1, 0.15) is 22.8 Å². The summed E-state index contributed by atoms with van der Waals surface area (Å²) in [6.07, 6.45) is -0.936. The summed E-state index contributed by atoms with van der Waals surface area (Å²) in [6.45, 7) is 6.61. The van der Waals surface area contributed by atoms with Crippen molar-refractivity contribution in [2.75, 3.05) is 50.0 Å². The number of nitrogens with one attached hydrogen (secondary N) is 2. The summed E-state index contributed by atoms with van der Waals surface area (Å²) in [4.78, 5) is 29.9. The molecule has 1 aliphatic heterocycles. The molecule has 2 amide bonds. The third-order valence-corrected chi connectivity index (χ3v) is 6.11. The van der Waals surface area contributed by atoms with Crippen LogP contribution in [0.2, 0.25) is 0 Å². The van der Waals surface area contributed by atoms with Crippen molar-refractivity contribution in [1.29, 1.82) is 0 Å². The molecule has 0 bridgehead atoms. The molecule has 1 aromatic heterocycles. The van der Waals surface area contributed by atoms with E-state index < -0.39 is 6.09 Å². The molecular formula is C25H30N6O3. The lowest BCUT2D eigenvalue weighted by atomic mass is 10.1. The van der Waals surface area contributed by atoms with Crippen molar-refractivity contribution >= 4 is 23.5 Å². The number of piperazine rings is 1. The maximum atomic E-state index is 12.7. The molecule has 1 fully saturated rings. The highest BCUT2D eigenvalue weighted by Gasteiger charge is 2.15. The Morgan fingerprint density at radius 3 is 2.35 bits per heavy atom. The fourth-order valence-electron chi connectivity index (χ4n) is 3.94. The number of hydrogen-bond acceptors (Lipinski definition) is 5. The minimum Gasteiger partial charge on any atom is -0.465 e. The van der Waals surface area contributed by atoms with Gasteiger partial charge in [0.15, 0.2) is 5.82 Å². The normalized spacial score (nSPS) is 14.1. The standard InChI is InChI=1S/C25H30N6O3/c1-3-30(25(33)34)17-18-4-6-19(7-5-18)22-16-23(28-27-22)26-24(32)20-8-10-21(11-9-20)31-14-12-29(2)13-15-31/h4-11,16H,3,12-15,17H2,1-2H3,(H,33,34)(H2,26,27,28,32). The molecule has 9 nitrogen and oxygen atoms in total. The number of rotatable bonds is 7. The first-order valence-electron chi connectivity index (χ1n) is 11.4. The van der Waals surface area contributed by atoms with Crippen molar-refractivity contribution in [2.24, 2.45) is 0 Å². The second kappa shape index (κ2) is 10.4. The van der Waals surface area contributed by atoms with E-state index in [9.17, 15) is 14.7 Å². The first-order chi connectivity index (χ1) is 16.4. The lowest BCUT2D eigenvalue weighted by Gasteiger charge is -2.34. The van der Waals surface area contributed by atoms with Crippen LogP contribution in [0.15, 0.2) is 54.6 Å². The highest BCUT2D eigenvalue weighted by atomic mass is 16.4. The van der Waals surface area contributed by atoms with E-state index in [1.54, 1.807) is 6.07 Å². The molecule has 0 spiro atoms. The number of hydrogen-bond donors (Lipinski definition) is 3. The third-order valence-electron chi connectivity index (χ3n) is 6.11. The van der Waals surface area contributed by atoms with Gasteiger partial charge in [0.1, 0.15) is 0 Å². The minimum absolute atomic E-state index is 0.216. The zero-order chi connectivity index (χ0) is 24.1. The van der Waals surface area contributed by atoms with Crippen molar-refractivity contribution in [3.63, 3.8) is 0 Å². The van der Waals surface area contributed by atoms with Gasteiger partial charge in [-0.25, -0.2) is 4.79 Å². The van der Waals surface area contributed by atoms with E-state index in [1.807, 2.05) is 55.5 Å². The zero-order valence-corrected chi connectivity index (χ0v) is 19.5. The summed E-state index contributed by atoms with van der Waals surface area (Å²) in [7, 11) is 2.13. The molecule has 0 radical (unpaired) electrons. The van der Waals surface area contributed by atoms with Crippen LogP contribution in [0.4, 0.5) is 16.3 Å². The Kier molecular flexibility index (Phi) is 7.12. The van der Waals surface area contributed by atoms with Crippen molar-refractivity contribution in [2.45, 2.75) is 13.5 Å². The summed E-state index contributed by atoms with van der Waals surface area (Å²) in [5, 5.41) is 19.2. The van der Waals surface area contributed by atoms with Crippen molar-refractivity contribution in [3.8, 4) is 11.3 Å². The first kappa shape index (κ1) is 23.3. The Morgan fingerprint density at radius 2 is 1.74 bits per heavy atom. The molecule has 34 heavy (non-hydrogen) atoms. The van der Waals surface area contributed by atoms with E-state index in [0.717, 1.165) is 48.7 Å². The van der Waals surface area contributed by atoms with Crippen LogP contribution in [-0.4, -0.2) is 76.9 Å². The topological polar surface area (TPSA) is 105 Å². The number of likely N-dealkylation sites (N-methyl/N-ethyl adjacent to an activating group) is 1. The molecule has 178 valence electrons. The Labute approximate surface area is 199 Å². The molecule has 1 saturated heterocycles. The maximum Gasteiger partial charge on any atom is 0.407 e. The van der Waals surface area contributed by atoms with Crippen LogP contribution in [-0.2, 0) is 6.54 Å². The quantitative estimate of drug-likeness (QED) is 0.496. The van der Waals surface area contributed by atoms with Crippen LogP contribution in [0.25, 0.3) is 11.3 Å². The van der Waals surface area contributed by atoms with Gasteiger partial charge < -0.3 is 25.1 Å². The number of H-pyrrole nitrogens is 1. The number of carbonyl (C=O) groups excluding carboxylic acids is 1. The second-order valence-corrected chi connectivity index (χ2v) is 8.45. The van der Waals surface area contributed by atoms with Gasteiger partial charge in [-0.05, 0) is 49.4 Å². The Bertz CT molecular complexity index is 1120. The largest absolute Gasteiger partial charge is 0.465 e. The average Bonchev–Trinajstić information content (AvgIpc) is 3.31. The van der Waals surface area contributed by atoms with Gasteiger partial charge in [-0.3, -0.25) is 9.89 Å². The minimum atomic E-state index is -0.936.